The highest BCUT2D eigenvalue weighted by Crippen LogP contribution is 2.39. The van der Waals surface area contributed by atoms with E-state index in [0.717, 1.165) is 51.1 Å². The average Bonchev–Trinajstić information content (AvgIpc) is 2.54. The van der Waals surface area contributed by atoms with Crippen molar-refractivity contribution in [1.82, 2.24) is 4.90 Å². The quantitative estimate of drug-likeness (QED) is 0.913. The van der Waals surface area contributed by atoms with Crippen molar-refractivity contribution in [2.24, 2.45) is 11.8 Å². The van der Waals surface area contributed by atoms with E-state index in [1.807, 2.05) is 0 Å². The van der Waals surface area contributed by atoms with Gasteiger partial charge in [0.1, 0.15) is 5.82 Å². The highest BCUT2D eigenvalue weighted by Gasteiger charge is 2.45. The summed E-state index contributed by atoms with van der Waals surface area (Å²) < 4.78 is 18.6. The molecular weight excluding hydrogens is 317 g/mol. The number of aliphatic hydroxyl groups is 1. The zero-order valence-corrected chi connectivity index (χ0v) is 14.4. The van der Waals surface area contributed by atoms with E-state index in [2.05, 4.69) is 11.8 Å². The van der Waals surface area contributed by atoms with Crippen molar-refractivity contribution in [2.75, 3.05) is 26.3 Å². The smallest absolute Gasteiger partial charge is 0.124 e. The summed E-state index contributed by atoms with van der Waals surface area (Å²) in [6.45, 7) is 6.03. The molecular formula is C18H25ClFNO2. The summed E-state index contributed by atoms with van der Waals surface area (Å²) in [5, 5.41) is 11.7. The molecule has 3 nitrogen and oxygen atoms in total. The number of benzene rings is 1. The van der Waals surface area contributed by atoms with E-state index in [1.54, 1.807) is 6.07 Å². The summed E-state index contributed by atoms with van der Waals surface area (Å²) in [7, 11) is 0. The van der Waals surface area contributed by atoms with Gasteiger partial charge in [-0.25, -0.2) is 4.39 Å². The molecule has 2 atom stereocenters. The number of ether oxygens (including phenoxy) is 1. The molecule has 2 aliphatic heterocycles. The van der Waals surface area contributed by atoms with E-state index in [-0.39, 0.29) is 11.7 Å². The fourth-order valence-electron chi connectivity index (χ4n) is 4.06. The van der Waals surface area contributed by atoms with E-state index in [1.165, 1.54) is 12.1 Å². The number of likely N-dealkylation sites (tertiary alicyclic amines) is 1. The molecule has 5 heteroatoms. The molecule has 1 N–H and O–H groups in total. The Morgan fingerprint density at radius 1 is 1.39 bits per heavy atom. The van der Waals surface area contributed by atoms with Gasteiger partial charge in [0.25, 0.3) is 0 Å². The first-order valence-electron chi connectivity index (χ1n) is 8.45. The van der Waals surface area contributed by atoms with Crippen LogP contribution in [0.4, 0.5) is 4.39 Å². The second-order valence-electron chi connectivity index (χ2n) is 7.00. The Bertz CT molecular complexity index is 550. The van der Waals surface area contributed by atoms with Crippen LogP contribution in [0.1, 0.15) is 31.7 Å². The summed E-state index contributed by atoms with van der Waals surface area (Å²) in [4.78, 5) is 2.30. The molecule has 3 rings (SSSR count). The van der Waals surface area contributed by atoms with Crippen molar-refractivity contribution in [1.29, 1.82) is 0 Å². The van der Waals surface area contributed by atoms with Crippen molar-refractivity contribution in [3.05, 3.63) is 34.6 Å². The van der Waals surface area contributed by atoms with Crippen LogP contribution in [0.15, 0.2) is 18.2 Å². The number of halogens is 2. The fraction of sp³-hybridized carbons (Fsp3) is 0.667. The van der Waals surface area contributed by atoms with Crippen molar-refractivity contribution in [3.8, 4) is 0 Å². The predicted octanol–water partition coefficient (Wildman–Crippen LogP) is 3.48. The highest BCUT2D eigenvalue weighted by atomic mass is 35.5. The molecule has 0 saturated carbocycles. The normalized spacial score (nSPS) is 30.5. The van der Waals surface area contributed by atoms with Gasteiger partial charge in [-0.3, -0.25) is 4.90 Å². The maximum atomic E-state index is 13.2. The Balaban J connectivity index is 1.63. The van der Waals surface area contributed by atoms with E-state index >= 15 is 0 Å². The molecule has 0 amide bonds. The molecule has 128 valence electrons. The van der Waals surface area contributed by atoms with Gasteiger partial charge < -0.3 is 9.84 Å². The Kier molecular flexibility index (Phi) is 5.26. The van der Waals surface area contributed by atoms with Gasteiger partial charge in [-0.2, -0.15) is 0 Å². The SMILES string of the molecule is CC1CN(Cc2ccc(F)cc2Cl)CCC1(O)C1CCOCC1. The van der Waals surface area contributed by atoms with E-state index < -0.39 is 5.60 Å². The van der Waals surface area contributed by atoms with Gasteiger partial charge in [0.15, 0.2) is 0 Å². The summed E-state index contributed by atoms with van der Waals surface area (Å²) in [5.41, 5.74) is 0.351. The second kappa shape index (κ2) is 7.06. The molecule has 1 aromatic rings. The van der Waals surface area contributed by atoms with Gasteiger partial charge in [0.05, 0.1) is 5.60 Å². The largest absolute Gasteiger partial charge is 0.389 e. The molecule has 0 radical (unpaired) electrons. The lowest BCUT2D eigenvalue weighted by molar-refractivity contribution is -0.131. The molecule has 0 spiro atoms. The number of hydrogen-bond donors (Lipinski definition) is 1. The minimum atomic E-state index is -0.590. The van der Waals surface area contributed by atoms with Crippen molar-refractivity contribution < 1.29 is 14.2 Å². The summed E-state index contributed by atoms with van der Waals surface area (Å²) >= 11 is 6.13. The Morgan fingerprint density at radius 2 is 2.13 bits per heavy atom. The van der Waals surface area contributed by atoms with Crippen LogP contribution in [0.3, 0.4) is 0 Å². The van der Waals surface area contributed by atoms with Crippen LogP contribution in [-0.2, 0) is 11.3 Å². The van der Waals surface area contributed by atoms with Gasteiger partial charge in [0.2, 0.25) is 0 Å². The fourth-order valence-corrected chi connectivity index (χ4v) is 4.29. The summed E-state index contributed by atoms with van der Waals surface area (Å²) in [6, 6.07) is 4.57. The highest BCUT2D eigenvalue weighted by molar-refractivity contribution is 6.31. The first-order valence-corrected chi connectivity index (χ1v) is 8.83. The monoisotopic (exact) mass is 341 g/mol. The van der Waals surface area contributed by atoms with Crippen LogP contribution < -0.4 is 0 Å². The molecule has 2 unspecified atom stereocenters. The molecule has 2 aliphatic rings. The molecule has 1 aromatic carbocycles. The lowest BCUT2D eigenvalue weighted by atomic mass is 9.70. The number of nitrogens with zero attached hydrogens (tertiary/aromatic N) is 1. The first-order chi connectivity index (χ1) is 11.0. The van der Waals surface area contributed by atoms with E-state index in [9.17, 15) is 9.50 Å². The maximum absolute atomic E-state index is 13.2. The third kappa shape index (κ3) is 3.71. The average molecular weight is 342 g/mol. The van der Waals surface area contributed by atoms with Crippen LogP contribution in [0.25, 0.3) is 0 Å². The standard InChI is InChI=1S/C18H25ClFNO2/c1-13-11-21(12-14-2-3-16(20)10-17(14)19)7-6-18(13,22)15-4-8-23-9-5-15/h2-3,10,13,15,22H,4-9,11-12H2,1H3. The molecule has 0 aromatic heterocycles. The Labute approximate surface area is 142 Å². The first kappa shape index (κ1) is 17.2. The van der Waals surface area contributed by atoms with Gasteiger partial charge in [-0.15, -0.1) is 0 Å². The van der Waals surface area contributed by atoms with Crippen LogP contribution in [0, 0.1) is 17.7 Å². The zero-order chi connectivity index (χ0) is 16.4. The number of rotatable bonds is 3. The second-order valence-corrected chi connectivity index (χ2v) is 7.41. The molecule has 23 heavy (non-hydrogen) atoms. The van der Waals surface area contributed by atoms with E-state index in [4.69, 9.17) is 16.3 Å². The van der Waals surface area contributed by atoms with Crippen LogP contribution in [0.2, 0.25) is 5.02 Å². The molecule has 0 bridgehead atoms. The molecule has 2 saturated heterocycles. The minimum Gasteiger partial charge on any atom is -0.389 e. The zero-order valence-electron chi connectivity index (χ0n) is 13.6. The predicted molar refractivity (Wildman–Crippen MR) is 89.0 cm³/mol. The third-order valence-electron chi connectivity index (χ3n) is 5.55. The van der Waals surface area contributed by atoms with Gasteiger partial charge in [0, 0.05) is 37.9 Å². The minimum absolute atomic E-state index is 0.207. The topological polar surface area (TPSA) is 32.7 Å². The van der Waals surface area contributed by atoms with Crippen molar-refractivity contribution in [2.45, 2.75) is 38.3 Å². The maximum Gasteiger partial charge on any atom is 0.124 e. The van der Waals surface area contributed by atoms with Gasteiger partial charge >= 0.3 is 0 Å². The third-order valence-corrected chi connectivity index (χ3v) is 5.90. The lowest BCUT2D eigenvalue weighted by Crippen LogP contribution is -2.55. The molecule has 2 heterocycles. The van der Waals surface area contributed by atoms with Crippen molar-refractivity contribution >= 4 is 11.6 Å². The summed E-state index contributed by atoms with van der Waals surface area (Å²) in [6.07, 6.45) is 2.67. The Morgan fingerprint density at radius 3 is 2.78 bits per heavy atom. The molecule has 0 aliphatic carbocycles. The van der Waals surface area contributed by atoms with Crippen LogP contribution in [0.5, 0.6) is 0 Å². The lowest BCUT2D eigenvalue weighted by Gasteiger charge is -2.48. The van der Waals surface area contributed by atoms with E-state index in [0.29, 0.717) is 17.5 Å². The number of hydrogen-bond acceptors (Lipinski definition) is 3. The Hall–Kier alpha value is -0.680. The molecule has 2 fully saturated rings. The van der Waals surface area contributed by atoms with Gasteiger partial charge in [-0.05, 0) is 48.8 Å². The van der Waals surface area contributed by atoms with Crippen LogP contribution in [-0.4, -0.2) is 41.9 Å². The summed E-state index contributed by atoms with van der Waals surface area (Å²) in [5.74, 6) is 0.237. The van der Waals surface area contributed by atoms with Crippen LogP contribution >= 0.6 is 11.6 Å². The van der Waals surface area contributed by atoms with Crippen molar-refractivity contribution in [3.63, 3.8) is 0 Å². The van der Waals surface area contributed by atoms with Gasteiger partial charge in [-0.1, -0.05) is 24.6 Å². The number of piperidine rings is 1.